The third-order valence-electron chi connectivity index (χ3n) is 2.70. The van der Waals surface area contributed by atoms with Crippen molar-refractivity contribution in [3.8, 4) is 0 Å². The van der Waals surface area contributed by atoms with Crippen molar-refractivity contribution in [2.45, 2.75) is 25.8 Å². The summed E-state index contributed by atoms with van der Waals surface area (Å²) in [6, 6.07) is 3.67. The molecule has 80 valence electrons. The topological polar surface area (TPSA) is 53.2 Å². The molecule has 15 heavy (non-hydrogen) atoms. The van der Waals surface area contributed by atoms with Gasteiger partial charge in [-0.3, -0.25) is 9.59 Å². The first-order valence-electron chi connectivity index (χ1n) is 5.06. The smallest absolute Gasteiger partial charge is 0.260 e. The van der Waals surface area contributed by atoms with Gasteiger partial charge in [-0.2, -0.15) is 0 Å². The number of nitrogens with zero attached hydrogens (tertiary/aromatic N) is 1. The first-order chi connectivity index (χ1) is 7.09. The third kappa shape index (κ3) is 1.93. The van der Waals surface area contributed by atoms with Gasteiger partial charge in [0, 0.05) is 18.8 Å². The number of carbonyl (C=O) groups is 1. The fraction of sp³-hybridized carbons (Fsp3) is 0.455. The van der Waals surface area contributed by atoms with Gasteiger partial charge in [0.2, 0.25) is 0 Å². The molecular formula is C11H14N2O2. The molecule has 1 heterocycles. The molecule has 0 radical (unpaired) electrons. The molecule has 1 aliphatic rings. The van der Waals surface area contributed by atoms with E-state index in [0.29, 0.717) is 6.04 Å². The van der Waals surface area contributed by atoms with Gasteiger partial charge in [0.1, 0.15) is 5.56 Å². The molecule has 0 aromatic carbocycles. The van der Waals surface area contributed by atoms with Gasteiger partial charge < -0.3 is 9.88 Å². The maximum Gasteiger partial charge on any atom is 0.260 e. The second-order valence-electron chi connectivity index (χ2n) is 4.03. The van der Waals surface area contributed by atoms with Crippen molar-refractivity contribution in [2.24, 2.45) is 0 Å². The average molecular weight is 206 g/mol. The van der Waals surface area contributed by atoms with Crippen LogP contribution in [0.2, 0.25) is 0 Å². The van der Waals surface area contributed by atoms with Crippen LogP contribution in [0.15, 0.2) is 16.9 Å². The molecule has 0 unspecified atom stereocenters. The van der Waals surface area contributed by atoms with Crippen LogP contribution in [0, 0.1) is 6.92 Å². The molecule has 0 atom stereocenters. The fourth-order valence-electron chi connectivity index (χ4n) is 1.56. The quantitative estimate of drug-likeness (QED) is 0.782. The minimum Gasteiger partial charge on any atom is -0.339 e. The van der Waals surface area contributed by atoms with Gasteiger partial charge in [-0.25, -0.2) is 0 Å². The molecule has 1 aromatic heterocycles. The summed E-state index contributed by atoms with van der Waals surface area (Å²) in [6.07, 6.45) is 2.10. The van der Waals surface area contributed by atoms with Crippen LogP contribution < -0.4 is 5.56 Å². The van der Waals surface area contributed by atoms with Gasteiger partial charge in [0.15, 0.2) is 0 Å². The van der Waals surface area contributed by atoms with Gasteiger partial charge in [-0.15, -0.1) is 0 Å². The average Bonchev–Trinajstić information content (AvgIpc) is 2.99. The van der Waals surface area contributed by atoms with E-state index in [1.165, 1.54) is 0 Å². The van der Waals surface area contributed by atoms with Crippen LogP contribution in [0.4, 0.5) is 0 Å². The summed E-state index contributed by atoms with van der Waals surface area (Å²) in [5.74, 6) is -0.182. The molecule has 1 saturated carbocycles. The van der Waals surface area contributed by atoms with Gasteiger partial charge in [0.25, 0.3) is 11.5 Å². The van der Waals surface area contributed by atoms with Crippen molar-refractivity contribution in [3.05, 3.63) is 33.7 Å². The van der Waals surface area contributed by atoms with Crippen LogP contribution >= 0.6 is 0 Å². The standard InChI is InChI=1S/C11H14N2O2/c1-7-3-6-9(10(14)12-7)11(15)13(2)8-4-5-8/h3,6,8H,4-5H2,1-2H3,(H,12,14). The zero-order chi connectivity index (χ0) is 11.0. The van der Waals surface area contributed by atoms with Crippen LogP contribution in [-0.2, 0) is 0 Å². The van der Waals surface area contributed by atoms with E-state index in [0.717, 1.165) is 18.5 Å². The number of aromatic amines is 1. The van der Waals surface area contributed by atoms with E-state index < -0.39 is 0 Å². The molecule has 4 heteroatoms. The number of rotatable bonds is 2. The largest absolute Gasteiger partial charge is 0.339 e. The Morgan fingerprint density at radius 2 is 2.13 bits per heavy atom. The molecule has 0 bridgehead atoms. The highest BCUT2D eigenvalue weighted by molar-refractivity contribution is 5.94. The van der Waals surface area contributed by atoms with Crippen LogP contribution in [0.5, 0.6) is 0 Å². The molecule has 1 amide bonds. The van der Waals surface area contributed by atoms with Gasteiger partial charge in [-0.1, -0.05) is 0 Å². The van der Waals surface area contributed by atoms with Crippen LogP contribution in [0.3, 0.4) is 0 Å². The summed E-state index contributed by atoms with van der Waals surface area (Å²) in [6.45, 7) is 1.79. The van der Waals surface area contributed by atoms with Crippen molar-refractivity contribution < 1.29 is 4.79 Å². The lowest BCUT2D eigenvalue weighted by Gasteiger charge is -2.15. The Labute approximate surface area is 87.9 Å². The number of aryl methyl sites for hydroxylation is 1. The number of aromatic nitrogens is 1. The van der Waals surface area contributed by atoms with E-state index in [1.807, 2.05) is 0 Å². The minimum absolute atomic E-state index is 0.182. The zero-order valence-electron chi connectivity index (χ0n) is 8.91. The molecule has 0 spiro atoms. The fourth-order valence-corrected chi connectivity index (χ4v) is 1.56. The number of pyridine rings is 1. The Hall–Kier alpha value is -1.58. The molecule has 1 N–H and O–H groups in total. The lowest BCUT2D eigenvalue weighted by molar-refractivity contribution is 0.0783. The molecule has 1 aliphatic carbocycles. The summed E-state index contributed by atoms with van der Waals surface area (Å²) < 4.78 is 0. The number of H-pyrrole nitrogens is 1. The Kier molecular flexibility index (Phi) is 2.34. The van der Waals surface area contributed by atoms with Crippen molar-refractivity contribution in [1.82, 2.24) is 9.88 Å². The first-order valence-corrected chi connectivity index (χ1v) is 5.06. The SMILES string of the molecule is Cc1ccc(C(=O)N(C)C2CC2)c(=O)[nH]1. The molecule has 2 rings (SSSR count). The van der Waals surface area contributed by atoms with E-state index in [2.05, 4.69) is 4.98 Å². The monoisotopic (exact) mass is 206 g/mol. The van der Waals surface area contributed by atoms with Crippen molar-refractivity contribution in [2.75, 3.05) is 7.05 Å². The summed E-state index contributed by atoms with van der Waals surface area (Å²) in [5.41, 5.74) is 0.702. The third-order valence-corrected chi connectivity index (χ3v) is 2.70. The second kappa shape index (κ2) is 3.53. The van der Waals surface area contributed by atoms with Crippen molar-refractivity contribution in [3.63, 3.8) is 0 Å². The van der Waals surface area contributed by atoms with E-state index in [1.54, 1.807) is 31.0 Å². The molecule has 0 aliphatic heterocycles. The van der Waals surface area contributed by atoms with E-state index in [4.69, 9.17) is 0 Å². The highest BCUT2D eigenvalue weighted by Crippen LogP contribution is 2.26. The van der Waals surface area contributed by atoms with E-state index in [9.17, 15) is 9.59 Å². The van der Waals surface area contributed by atoms with Gasteiger partial charge in [0.05, 0.1) is 0 Å². The molecule has 1 aromatic rings. The predicted molar refractivity (Wildman–Crippen MR) is 56.9 cm³/mol. The van der Waals surface area contributed by atoms with Crippen LogP contribution in [0.25, 0.3) is 0 Å². The summed E-state index contributed by atoms with van der Waals surface area (Å²) in [4.78, 5) is 27.7. The zero-order valence-corrected chi connectivity index (χ0v) is 8.91. The molecule has 0 saturated heterocycles. The van der Waals surface area contributed by atoms with Gasteiger partial charge in [-0.05, 0) is 31.9 Å². The first kappa shape index (κ1) is 9.96. The minimum atomic E-state index is -0.299. The van der Waals surface area contributed by atoms with Crippen LogP contribution in [-0.4, -0.2) is 28.9 Å². The molecule has 4 nitrogen and oxygen atoms in total. The Balaban J connectivity index is 2.28. The lowest BCUT2D eigenvalue weighted by atomic mass is 10.2. The summed E-state index contributed by atoms with van der Waals surface area (Å²) in [7, 11) is 1.75. The maximum absolute atomic E-state index is 11.9. The normalized spacial score (nSPS) is 15.1. The number of hydrogen-bond acceptors (Lipinski definition) is 2. The predicted octanol–water partition coefficient (Wildman–Crippen LogP) is 0.918. The highest BCUT2D eigenvalue weighted by atomic mass is 16.2. The lowest BCUT2D eigenvalue weighted by Crippen LogP contribution is -2.33. The Morgan fingerprint density at radius 3 is 2.67 bits per heavy atom. The van der Waals surface area contributed by atoms with E-state index >= 15 is 0 Å². The highest BCUT2D eigenvalue weighted by Gasteiger charge is 2.30. The number of carbonyl (C=O) groups excluding carboxylic acids is 1. The Bertz CT molecular complexity index is 446. The molecule has 1 fully saturated rings. The molecular weight excluding hydrogens is 192 g/mol. The van der Waals surface area contributed by atoms with Crippen molar-refractivity contribution in [1.29, 1.82) is 0 Å². The number of amides is 1. The Morgan fingerprint density at radius 1 is 1.47 bits per heavy atom. The van der Waals surface area contributed by atoms with Gasteiger partial charge >= 0.3 is 0 Å². The number of hydrogen-bond donors (Lipinski definition) is 1. The maximum atomic E-state index is 11.9. The number of nitrogens with one attached hydrogen (secondary N) is 1. The summed E-state index contributed by atoms with van der Waals surface area (Å²) >= 11 is 0. The van der Waals surface area contributed by atoms with E-state index in [-0.39, 0.29) is 17.0 Å². The second-order valence-corrected chi connectivity index (χ2v) is 4.03. The van der Waals surface area contributed by atoms with Crippen molar-refractivity contribution >= 4 is 5.91 Å². The van der Waals surface area contributed by atoms with Crippen LogP contribution in [0.1, 0.15) is 28.9 Å². The summed E-state index contributed by atoms with van der Waals surface area (Å²) in [5, 5.41) is 0.